The van der Waals surface area contributed by atoms with E-state index in [9.17, 15) is 0 Å². The maximum atomic E-state index is 4.23. The van der Waals surface area contributed by atoms with Crippen LogP contribution in [-0.2, 0) is 0 Å². The molecule has 0 spiro atoms. The van der Waals surface area contributed by atoms with Crippen LogP contribution in [0.5, 0.6) is 0 Å². The van der Waals surface area contributed by atoms with Crippen LogP contribution in [0.4, 0.5) is 0 Å². The van der Waals surface area contributed by atoms with Gasteiger partial charge >= 0.3 is 0 Å². The molecule has 4 aromatic heterocycles. The quantitative estimate of drug-likeness (QED) is 0.538. The Kier molecular flexibility index (Phi) is 3.66. The average Bonchev–Trinajstić information content (AvgIpc) is 3.09. The number of hydrogen-bond donors (Lipinski definition) is 0. The average molecular weight is 315 g/mol. The fourth-order valence-corrected chi connectivity index (χ4v) is 3.68. The molecular formula is C19H13N3S. The van der Waals surface area contributed by atoms with Crippen LogP contribution >= 0.6 is 11.3 Å². The third-order valence-electron chi connectivity index (χ3n) is 3.61. The summed E-state index contributed by atoms with van der Waals surface area (Å²) in [6, 6.07) is 14.5. The predicted molar refractivity (Wildman–Crippen MR) is 94.0 cm³/mol. The first-order valence-corrected chi connectivity index (χ1v) is 8.08. The van der Waals surface area contributed by atoms with Gasteiger partial charge < -0.3 is 0 Å². The van der Waals surface area contributed by atoms with Crippen LogP contribution in [0.3, 0.4) is 0 Å². The number of pyridine rings is 3. The van der Waals surface area contributed by atoms with Gasteiger partial charge in [-0.3, -0.25) is 15.0 Å². The third-order valence-corrected chi connectivity index (χ3v) is 4.85. The Bertz CT molecular complexity index is 846. The van der Waals surface area contributed by atoms with Gasteiger partial charge in [-0.15, -0.1) is 11.3 Å². The molecule has 0 unspecified atom stereocenters. The van der Waals surface area contributed by atoms with E-state index in [1.165, 1.54) is 26.4 Å². The van der Waals surface area contributed by atoms with Crippen LogP contribution in [0.2, 0.25) is 0 Å². The molecule has 0 aliphatic rings. The number of aromatic nitrogens is 3. The molecule has 4 rings (SSSR count). The Morgan fingerprint density at radius 2 is 1.35 bits per heavy atom. The van der Waals surface area contributed by atoms with E-state index in [0.717, 1.165) is 5.56 Å². The summed E-state index contributed by atoms with van der Waals surface area (Å²) in [6.45, 7) is 0. The maximum Gasteiger partial charge on any atom is 0.0428 e. The fraction of sp³-hybridized carbons (Fsp3) is 0. The number of rotatable bonds is 3. The Hall–Kier alpha value is -2.85. The highest BCUT2D eigenvalue weighted by molar-refractivity contribution is 7.19. The van der Waals surface area contributed by atoms with Crippen molar-refractivity contribution in [1.82, 2.24) is 15.0 Å². The van der Waals surface area contributed by atoms with Crippen molar-refractivity contribution in [2.45, 2.75) is 0 Å². The molecule has 3 nitrogen and oxygen atoms in total. The van der Waals surface area contributed by atoms with Gasteiger partial charge in [-0.2, -0.15) is 0 Å². The van der Waals surface area contributed by atoms with Crippen LogP contribution in [0, 0.1) is 0 Å². The molecule has 0 radical (unpaired) electrons. The van der Waals surface area contributed by atoms with Crippen molar-refractivity contribution in [2.24, 2.45) is 0 Å². The molecule has 4 heteroatoms. The second-order valence-electron chi connectivity index (χ2n) is 5.07. The summed E-state index contributed by atoms with van der Waals surface area (Å²) in [5.74, 6) is 0. The lowest BCUT2D eigenvalue weighted by Crippen LogP contribution is -1.80. The van der Waals surface area contributed by atoms with E-state index in [0.29, 0.717) is 0 Å². The Balaban J connectivity index is 1.91. The lowest BCUT2D eigenvalue weighted by atomic mass is 10.0. The molecule has 0 aromatic carbocycles. The van der Waals surface area contributed by atoms with Gasteiger partial charge in [0.1, 0.15) is 0 Å². The normalized spacial score (nSPS) is 10.6. The molecule has 23 heavy (non-hydrogen) atoms. The molecule has 0 atom stereocenters. The van der Waals surface area contributed by atoms with Gasteiger partial charge in [0.15, 0.2) is 0 Å². The van der Waals surface area contributed by atoms with Gasteiger partial charge in [-0.1, -0.05) is 6.07 Å². The van der Waals surface area contributed by atoms with Gasteiger partial charge in [-0.25, -0.2) is 0 Å². The zero-order valence-corrected chi connectivity index (χ0v) is 13.1. The van der Waals surface area contributed by atoms with E-state index in [2.05, 4.69) is 27.1 Å². The predicted octanol–water partition coefficient (Wildman–Crippen LogP) is 4.93. The maximum absolute atomic E-state index is 4.23. The van der Waals surface area contributed by atoms with Crippen LogP contribution in [0.15, 0.2) is 79.6 Å². The Morgan fingerprint density at radius 3 is 2.00 bits per heavy atom. The topological polar surface area (TPSA) is 38.7 Å². The highest BCUT2D eigenvalue weighted by Gasteiger charge is 2.14. The minimum Gasteiger partial charge on any atom is -0.265 e. The molecule has 0 fully saturated rings. The highest BCUT2D eigenvalue weighted by Crippen LogP contribution is 2.42. The van der Waals surface area contributed by atoms with Crippen molar-refractivity contribution in [1.29, 1.82) is 0 Å². The van der Waals surface area contributed by atoms with E-state index in [-0.39, 0.29) is 0 Å². The van der Waals surface area contributed by atoms with Crippen LogP contribution < -0.4 is 0 Å². The molecule has 110 valence electrons. The van der Waals surface area contributed by atoms with Crippen LogP contribution in [0.1, 0.15) is 0 Å². The van der Waals surface area contributed by atoms with Crippen molar-refractivity contribution >= 4 is 11.3 Å². The Morgan fingerprint density at radius 1 is 0.652 bits per heavy atom. The second kappa shape index (κ2) is 6.10. The highest BCUT2D eigenvalue weighted by atomic mass is 32.1. The molecule has 0 aliphatic heterocycles. The zero-order valence-electron chi connectivity index (χ0n) is 12.3. The van der Waals surface area contributed by atoms with Gasteiger partial charge in [0, 0.05) is 58.1 Å². The van der Waals surface area contributed by atoms with E-state index in [1.807, 2.05) is 61.3 Å². The summed E-state index contributed by atoms with van der Waals surface area (Å²) in [5, 5.41) is 0. The van der Waals surface area contributed by atoms with E-state index < -0.39 is 0 Å². The second-order valence-corrected chi connectivity index (χ2v) is 6.12. The van der Waals surface area contributed by atoms with Crippen molar-refractivity contribution < 1.29 is 0 Å². The first-order chi connectivity index (χ1) is 11.4. The monoisotopic (exact) mass is 315 g/mol. The first kappa shape index (κ1) is 13.8. The molecule has 0 saturated carbocycles. The van der Waals surface area contributed by atoms with Crippen LogP contribution in [0.25, 0.3) is 32.0 Å². The molecule has 0 N–H and O–H groups in total. The van der Waals surface area contributed by atoms with Crippen molar-refractivity contribution in [2.75, 3.05) is 0 Å². The molecular weight excluding hydrogens is 302 g/mol. The van der Waals surface area contributed by atoms with E-state index >= 15 is 0 Å². The summed E-state index contributed by atoms with van der Waals surface area (Å²) < 4.78 is 0. The molecule has 4 heterocycles. The summed E-state index contributed by atoms with van der Waals surface area (Å²) in [4.78, 5) is 14.9. The first-order valence-electron chi connectivity index (χ1n) is 7.27. The molecule has 0 aliphatic carbocycles. The van der Waals surface area contributed by atoms with Gasteiger partial charge in [-0.05, 0) is 47.5 Å². The largest absolute Gasteiger partial charge is 0.265 e. The van der Waals surface area contributed by atoms with E-state index in [4.69, 9.17) is 0 Å². The molecule has 0 amide bonds. The minimum absolute atomic E-state index is 1.13. The molecule has 4 aromatic rings. The summed E-state index contributed by atoms with van der Waals surface area (Å²) >= 11 is 1.77. The zero-order chi connectivity index (χ0) is 15.5. The van der Waals surface area contributed by atoms with Gasteiger partial charge in [0.05, 0.1) is 0 Å². The van der Waals surface area contributed by atoms with Gasteiger partial charge in [0.25, 0.3) is 0 Å². The standard InChI is InChI=1S/C19H13N3S/c1-2-16(13-22-7-1)18-12-17(14-3-8-20-9-4-14)19(23-18)15-5-10-21-11-6-15/h1-13H. The van der Waals surface area contributed by atoms with Crippen molar-refractivity contribution in [3.05, 3.63) is 79.6 Å². The minimum atomic E-state index is 1.13. The molecule has 0 saturated heterocycles. The lowest BCUT2D eigenvalue weighted by molar-refractivity contribution is 1.33. The third kappa shape index (κ3) is 2.76. The van der Waals surface area contributed by atoms with Gasteiger partial charge in [0.2, 0.25) is 0 Å². The molecule has 0 bridgehead atoms. The number of nitrogens with zero attached hydrogens (tertiary/aromatic N) is 3. The number of hydrogen-bond acceptors (Lipinski definition) is 4. The number of thiophene rings is 1. The summed E-state index contributed by atoms with van der Waals surface area (Å²) in [5.41, 5.74) is 4.68. The SMILES string of the molecule is c1cncc(-c2cc(-c3ccncc3)c(-c3ccncc3)s2)c1. The van der Waals surface area contributed by atoms with Crippen molar-refractivity contribution in [3.63, 3.8) is 0 Å². The smallest absolute Gasteiger partial charge is 0.0428 e. The van der Waals surface area contributed by atoms with Crippen LogP contribution in [-0.4, -0.2) is 15.0 Å². The van der Waals surface area contributed by atoms with Crippen molar-refractivity contribution in [3.8, 4) is 32.0 Å². The van der Waals surface area contributed by atoms with E-state index in [1.54, 1.807) is 17.5 Å². The fourth-order valence-electron chi connectivity index (χ4n) is 2.51. The lowest BCUT2D eigenvalue weighted by Gasteiger charge is -2.03. The Labute approximate surface area is 138 Å². The summed E-state index contributed by atoms with van der Waals surface area (Å²) in [7, 11) is 0. The summed E-state index contributed by atoms with van der Waals surface area (Å²) in [6.07, 6.45) is 11.0.